The molecule has 0 spiro atoms. The summed E-state index contributed by atoms with van der Waals surface area (Å²) in [5, 5.41) is 21.9. The van der Waals surface area contributed by atoms with Crippen molar-refractivity contribution in [3.8, 4) is 0 Å². The maximum Gasteiger partial charge on any atom is 0.314 e. The lowest BCUT2D eigenvalue weighted by Gasteiger charge is -2.40. The van der Waals surface area contributed by atoms with Crippen molar-refractivity contribution in [2.24, 2.45) is 11.3 Å². The number of carbonyl (C=O) groups is 1. The molecule has 5 nitrogen and oxygen atoms in total. The summed E-state index contributed by atoms with van der Waals surface area (Å²) < 4.78 is 5.19. The Morgan fingerprint density at radius 1 is 1.28 bits per heavy atom. The minimum Gasteiger partial charge on any atom is -0.465 e. The number of esters is 1. The number of hydrogen-bond donors (Lipinski definition) is 2. The SMILES string of the molecule is CCOC(=O)[C@@]1(C)CC[C@H](CC(C)(O)CCCN(CC)CC)[C@@]1(C)O. The molecule has 1 unspecified atom stereocenters. The molecule has 0 amide bonds. The van der Waals surface area contributed by atoms with Crippen LogP contribution in [0.1, 0.15) is 73.6 Å². The van der Waals surface area contributed by atoms with Crippen molar-refractivity contribution in [2.75, 3.05) is 26.2 Å². The Labute approximate surface area is 153 Å². The van der Waals surface area contributed by atoms with Gasteiger partial charge in [0, 0.05) is 0 Å². The van der Waals surface area contributed by atoms with Crippen LogP contribution in [0.25, 0.3) is 0 Å². The zero-order valence-electron chi connectivity index (χ0n) is 17.1. The van der Waals surface area contributed by atoms with Gasteiger partial charge in [0.1, 0.15) is 0 Å². The molecule has 5 heteroatoms. The van der Waals surface area contributed by atoms with Gasteiger partial charge >= 0.3 is 5.97 Å². The van der Waals surface area contributed by atoms with E-state index in [9.17, 15) is 15.0 Å². The maximum absolute atomic E-state index is 12.4. The highest BCUT2D eigenvalue weighted by Gasteiger charge is 2.59. The second-order valence-corrected chi connectivity index (χ2v) is 8.27. The average molecular weight is 358 g/mol. The van der Waals surface area contributed by atoms with Gasteiger partial charge in [-0.3, -0.25) is 4.79 Å². The molecule has 0 bridgehead atoms. The van der Waals surface area contributed by atoms with E-state index < -0.39 is 16.6 Å². The molecule has 2 N–H and O–H groups in total. The van der Waals surface area contributed by atoms with Crippen LogP contribution >= 0.6 is 0 Å². The molecule has 1 aliphatic rings. The number of carbonyl (C=O) groups excluding carboxylic acids is 1. The summed E-state index contributed by atoms with van der Waals surface area (Å²) >= 11 is 0. The molecule has 4 atom stereocenters. The van der Waals surface area contributed by atoms with Crippen LogP contribution in [0.15, 0.2) is 0 Å². The number of nitrogens with zero attached hydrogens (tertiary/aromatic N) is 1. The van der Waals surface area contributed by atoms with Gasteiger partial charge in [-0.15, -0.1) is 0 Å². The lowest BCUT2D eigenvalue weighted by Crippen LogP contribution is -2.50. The first kappa shape index (κ1) is 22.4. The van der Waals surface area contributed by atoms with E-state index >= 15 is 0 Å². The Balaban J connectivity index is 2.67. The minimum atomic E-state index is -1.16. The van der Waals surface area contributed by atoms with Gasteiger partial charge in [-0.25, -0.2) is 0 Å². The van der Waals surface area contributed by atoms with Gasteiger partial charge in [0.15, 0.2) is 0 Å². The molecule has 25 heavy (non-hydrogen) atoms. The monoisotopic (exact) mass is 357 g/mol. The van der Waals surface area contributed by atoms with Crippen LogP contribution in [0.2, 0.25) is 0 Å². The van der Waals surface area contributed by atoms with Crippen molar-refractivity contribution in [3.05, 3.63) is 0 Å². The molecule has 1 rings (SSSR count). The summed E-state index contributed by atoms with van der Waals surface area (Å²) in [4.78, 5) is 14.7. The van der Waals surface area contributed by atoms with E-state index in [0.717, 1.165) is 32.5 Å². The highest BCUT2D eigenvalue weighted by molar-refractivity contribution is 5.78. The molecular formula is C20H39NO4. The number of rotatable bonds is 10. The zero-order chi connectivity index (χ0) is 19.3. The predicted molar refractivity (Wildman–Crippen MR) is 100 cm³/mol. The third-order valence-electron chi connectivity index (χ3n) is 6.40. The summed E-state index contributed by atoms with van der Waals surface area (Å²) in [6.45, 7) is 14.8. The van der Waals surface area contributed by atoms with Gasteiger partial charge in [0.25, 0.3) is 0 Å². The fraction of sp³-hybridized carbons (Fsp3) is 0.950. The highest BCUT2D eigenvalue weighted by Crippen LogP contribution is 2.53. The van der Waals surface area contributed by atoms with Gasteiger partial charge in [-0.2, -0.15) is 0 Å². The smallest absolute Gasteiger partial charge is 0.314 e. The van der Waals surface area contributed by atoms with Crippen molar-refractivity contribution < 1.29 is 19.7 Å². The molecule has 148 valence electrons. The fourth-order valence-corrected chi connectivity index (χ4v) is 4.20. The summed E-state index contributed by atoms with van der Waals surface area (Å²) in [7, 11) is 0. The van der Waals surface area contributed by atoms with Crippen molar-refractivity contribution in [2.45, 2.75) is 84.8 Å². The molecule has 0 heterocycles. The molecule has 1 saturated carbocycles. The van der Waals surface area contributed by atoms with E-state index in [1.165, 1.54) is 0 Å². The van der Waals surface area contributed by atoms with Gasteiger partial charge in [-0.05, 0) is 85.4 Å². The predicted octanol–water partition coefficient (Wildman–Crippen LogP) is 2.98. The van der Waals surface area contributed by atoms with E-state index in [1.54, 1.807) is 20.8 Å². The molecule has 0 aromatic rings. The molecule has 0 radical (unpaired) electrons. The first-order valence-electron chi connectivity index (χ1n) is 9.88. The highest BCUT2D eigenvalue weighted by atomic mass is 16.5. The summed E-state index contributed by atoms with van der Waals surface area (Å²) in [6.07, 6.45) is 3.46. The van der Waals surface area contributed by atoms with Gasteiger partial charge in [0.05, 0.1) is 23.2 Å². The molecule has 0 saturated heterocycles. The van der Waals surface area contributed by atoms with E-state index in [2.05, 4.69) is 18.7 Å². The summed E-state index contributed by atoms with van der Waals surface area (Å²) in [5.41, 5.74) is -2.89. The van der Waals surface area contributed by atoms with Crippen molar-refractivity contribution in [3.63, 3.8) is 0 Å². The number of aliphatic hydroxyl groups is 2. The lowest BCUT2D eigenvalue weighted by molar-refractivity contribution is -0.172. The van der Waals surface area contributed by atoms with Crippen molar-refractivity contribution in [1.29, 1.82) is 0 Å². The quantitative estimate of drug-likeness (QED) is 0.588. The van der Waals surface area contributed by atoms with Crippen molar-refractivity contribution in [1.82, 2.24) is 4.90 Å². The van der Waals surface area contributed by atoms with Crippen molar-refractivity contribution >= 4 is 5.97 Å². The third-order valence-corrected chi connectivity index (χ3v) is 6.40. The molecule has 1 fully saturated rings. The van der Waals surface area contributed by atoms with Crippen LogP contribution in [0.4, 0.5) is 0 Å². The molecule has 0 aromatic carbocycles. The van der Waals surface area contributed by atoms with Crippen LogP contribution < -0.4 is 0 Å². The van der Waals surface area contributed by atoms with Crippen LogP contribution in [-0.4, -0.2) is 58.5 Å². The van der Waals surface area contributed by atoms with E-state index in [0.29, 0.717) is 25.9 Å². The summed E-state index contributed by atoms with van der Waals surface area (Å²) in [5.74, 6) is -0.436. The largest absolute Gasteiger partial charge is 0.465 e. The Kier molecular flexibility index (Phi) is 7.91. The topological polar surface area (TPSA) is 70.0 Å². The van der Waals surface area contributed by atoms with Gasteiger partial charge in [-0.1, -0.05) is 13.8 Å². The molecule has 0 aromatic heterocycles. The van der Waals surface area contributed by atoms with Gasteiger partial charge < -0.3 is 19.8 Å². The maximum atomic E-state index is 12.4. The third kappa shape index (κ3) is 5.18. The molecule has 0 aliphatic heterocycles. The van der Waals surface area contributed by atoms with Crippen LogP contribution in [0.3, 0.4) is 0 Å². The van der Waals surface area contributed by atoms with Crippen LogP contribution in [0.5, 0.6) is 0 Å². The minimum absolute atomic E-state index is 0.106. The molecule has 1 aliphatic carbocycles. The fourth-order valence-electron chi connectivity index (χ4n) is 4.20. The Morgan fingerprint density at radius 3 is 2.40 bits per heavy atom. The molecular weight excluding hydrogens is 318 g/mol. The van der Waals surface area contributed by atoms with Crippen LogP contribution in [0, 0.1) is 11.3 Å². The van der Waals surface area contributed by atoms with E-state index in [-0.39, 0.29) is 11.9 Å². The van der Waals surface area contributed by atoms with Gasteiger partial charge in [0.2, 0.25) is 0 Å². The average Bonchev–Trinajstić information content (AvgIpc) is 2.76. The number of ether oxygens (including phenoxy) is 1. The van der Waals surface area contributed by atoms with E-state index in [4.69, 9.17) is 4.74 Å². The first-order valence-corrected chi connectivity index (χ1v) is 9.88. The summed E-state index contributed by atoms with van der Waals surface area (Å²) in [6, 6.07) is 0. The standard InChI is InChI=1S/C20H39NO4/c1-7-21(8-2)14-10-12-18(4,23)15-16-11-13-19(5,20(16,6)24)17(22)25-9-3/h16,23-24H,7-15H2,1-6H3/t16-,18?,19-,20-/m1/s1. The lowest BCUT2D eigenvalue weighted by atomic mass is 9.71. The second kappa shape index (κ2) is 8.83. The normalized spacial score (nSPS) is 32.0. The number of hydrogen-bond acceptors (Lipinski definition) is 5. The van der Waals surface area contributed by atoms with E-state index in [1.807, 2.05) is 6.92 Å². The Bertz CT molecular complexity index is 431. The Hall–Kier alpha value is -0.650. The first-order chi connectivity index (χ1) is 11.5. The van der Waals surface area contributed by atoms with Crippen LogP contribution in [-0.2, 0) is 9.53 Å². The second-order valence-electron chi connectivity index (χ2n) is 8.27. The zero-order valence-corrected chi connectivity index (χ0v) is 17.1. The Morgan fingerprint density at radius 2 is 1.88 bits per heavy atom.